The Hall–Kier alpha value is -1.88. The molecule has 0 atom stereocenters. The van der Waals surface area contributed by atoms with Crippen molar-refractivity contribution < 1.29 is 17.9 Å². The molecule has 17 heavy (non-hydrogen) atoms. The second kappa shape index (κ2) is 6.00. The maximum atomic E-state index is 11.7. The molecule has 0 bridgehead atoms. The van der Waals surface area contributed by atoms with E-state index in [0.29, 0.717) is 0 Å². The highest BCUT2D eigenvalue weighted by Gasteiger charge is 2.27. The van der Waals surface area contributed by atoms with Gasteiger partial charge in [0, 0.05) is 6.54 Å². The number of aromatic nitrogens is 2. The highest BCUT2D eigenvalue weighted by molar-refractivity contribution is 5.49. The van der Waals surface area contributed by atoms with Crippen LogP contribution in [-0.4, -0.2) is 36.1 Å². The average Bonchev–Trinajstić information content (AvgIpc) is 2.27. The normalized spacial score (nSPS) is 10.9. The van der Waals surface area contributed by atoms with Crippen molar-refractivity contribution in [2.24, 2.45) is 0 Å². The van der Waals surface area contributed by atoms with Crippen molar-refractivity contribution in [2.75, 3.05) is 25.1 Å². The first-order chi connectivity index (χ1) is 8.03. The van der Waals surface area contributed by atoms with E-state index in [9.17, 15) is 13.2 Å². The molecule has 1 aromatic rings. The van der Waals surface area contributed by atoms with Gasteiger partial charge in [0.15, 0.2) is 5.82 Å². The van der Waals surface area contributed by atoms with Gasteiger partial charge in [-0.2, -0.15) is 23.5 Å². The molecule has 1 heterocycles. The van der Waals surface area contributed by atoms with E-state index in [2.05, 4.69) is 20.3 Å². The molecule has 0 aliphatic heterocycles. The predicted molar refractivity (Wildman–Crippen MR) is 52.1 cm³/mol. The molecule has 0 amide bonds. The Morgan fingerprint density at radius 2 is 2.24 bits per heavy atom. The number of hydrogen-bond donors (Lipinski definition) is 1. The Balaban J connectivity index is 2.30. The number of anilines is 1. The van der Waals surface area contributed by atoms with Gasteiger partial charge in [0.2, 0.25) is 0 Å². The van der Waals surface area contributed by atoms with Gasteiger partial charge in [-0.15, -0.1) is 5.10 Å². The zero-order chi connectivity index (χ0) is 12.7. The molecule has 0 radical (unpaired) electrons. The van der Waals surface area contributed by atoms with Gasteiger partial charge >= 0.3 is 6.18 Å². The lowest BCUT2D eigenvalue weighted by atomic mass is 10.3. The molecule has 0 aromatic carbocycles. The van der Waals surface area contributed by atoms with Crippen molar-refractivity contribution in [1.29, 1.82) is 5.26 Å². The summed E-state index contributed by atoms with van der Waals surface area (Å²) in [6.07, 6.45) is -2.98. The Kier molecular flexibility index (Phi) is 4.66. The second-order valence-corrected chi connectivity index (χ2v) is 3.00. The minimum atomic E-state index is -4.33. The summed E-state index contributed by atoms with van der Waals surface area (Å²) >= 11 is 0. The number of rotatable bonds is 5. The highest BCUT2D eigenvalue weighted by atomic mass is 19.4. The molecule has 92 valence electrons. The van der Waals surface area contributed by atoms with Gasteiger partial charge in [0.25, 0.3) is 0 Å². The molecule has 0 aliphatic carbocycles. The number of ether oxygens (including phenoxy) is 1. The summed E-state index contributed by atoms with van der Waals surface area (Å²) in [7, 11) is 0. The largest absolute Gasteiger partial charge is 0.411 e. The number of nitriles is 1. The average molecular weight is 246 g/mol. The van der Waals surface area contributed by atoms with Crippen LogP contribution in [0.4, 0.5) is 19.0 Å². The maximum Gasteiger partial charge on any atom is 0.411 e. The van der Waals surface area contributed by atoms with Gasteiger partial charge in [0.1, 0.15) is 12.7 Å². The van der Waals surface area contributed by atoms with Crippen molar-refractivity contribution in [3.8, 4) is 6.07 Å². The lowest BCUT2D eigenvalue weighted by molar-refractivity contribution is -0.172. The van der Waals surface area contributed by atoms with Gasteiger partial charge in [-0.05, 0) is 6.07 Å². The van der Waals surface area contributed by atoms with E-state index in [4.69, 9.17) is 5.26 Å². The Morgan fingerprint density at radius 1 is 1.47 bits per heavy atom. The summed E-state index contributed by atoms with van der Waals surface area (Å²) in [6, 6.07) is 3.33. The van der Waals surface area contributed by atoms with Crippen LogP contribution in [0.2, 0.25) is 0 Å². The van der Waals surface area contributed by atoms with Crippen LogP contribution >= 0.6 is 0 Å². The van der Waals surface area contributed by atoms with Gasteiger partial charge in [0.05, 0.1) is 18.4 Å². The molecule has 1 rings (SSSR count). The molecule has 8 heteroatoms. The molecule has 0 saturated heterocycles. The van der Waals surface area contributed by atoms with Crippen LogP contribution in [0.15, 0.2) is 12.3 Å². The third kappa shape index (κ3) is 5.12. The first kappa shape index (κ1) is 13.2. The number of alkyl halides is 3. The van der Waals surface area contributed by atoms with Crippen LogP contribution in [-0.2, 0) is 4.74 Å². The predicted octanol–water partition coefficient (Wildman–Crippen LogP) is 1.34. The fourth-order valence-electron chi connectivity index (χ4n) is 0.982. The van der Waals surface area contributed by atoms with Crippen molar-refractivity contribution in [3.63, 3.8) is 0 Å². The summed E-state index contributed by atoms with van der Waals surface area (Å²) in [5, 5.41) is 18.5. The van der Waals surface area contributed by atoms with E-state index in [1.807, 2.05) is 6.07 Å². The van der Waals surface area contributed by atoms with Gasteiger partial charge in [-0.1, -0.05) is 0 Å². The third-order valence-electron chi connectivity index (χ3n) is 1.65. The molecule has 0 saturated carbocycles. The van der Waals surface area contributed by atoms with Crippen LogP contribution in [0.1, 0.15) is 5.56 Å². The van der Waals surface area contributed by atoms with Crippen LogP contribution < -0.4 is 5.32 Å². The quantitative estimate of drug-likeness (QED) is 0.794. The number of halogens is 3. The number of nitrogens with zero attached hydrogens (tertiary/aromatic N) is 3. The van der Waals surface area contributed by atoms with Crippen LogP contribution in [0.3, 0.4) is 0 Å². The highest BCUT2D eigenvalue weighted by Crippen LogP contribution is 2.14. The van der Waals surface area contributed by atoms with E-state index in [1.165, 1.54) is 12.3 Å². The van der Waals surface area contributed by atoms with E-state index >= 15 is 0 Å². The number of hydrogen-bond acceptors (Lipinski definition) is 5. The van der Waals surface area contributed by atoms with Crippen molar-refractivity contribution >= 4 is 5.82 Å². The van der Waals surface area contributed by atoms with Crippen molar-refractivity contribution in [3.05, 3.63) is 17.8 Å². The van der Waals surface area contributed by atoms with E-state index < -0.39 is 12.8 Å². The number of nitrogens with one attached hydrogen (secondary N) is 1. The zero-order valence-electron chi connectivity index (χ0n) is 8.66. The SMILES string of the molecule is N#Cc1ccnnc1NCCOCC(F)(F)F. The van der Waals surface area contributed by atoms with Crippen LogP contribution in [0.25, 0.3) is 0 Å². The van der Waals surface area contributed by atoms with Crippen molar-refractivity contribution in [1.82, 2.24) is 10.2 Å². The third-order valence-corrected chi connectivity index (χ3v) is 1.65. The topological polar surface area (TPSA) is 70.8 Å². The Bertz CT molecular complexity index is 402. The Labute approximate surface area is 95.2 Å². The molecule has 0 unspecified atom stereocenters. The molecule has 1 N–H and O–H groups in total. The second-order valence-electron chi connectivity index (χ2n) is 3.00. The molecule has 0 aliphatic rings. The first-order valence-electron chi connectivity index (χ1n) is 4.63. The fourth-order valence-corrected chi connectivity index (χ4v) is 0.982. The van der Waals surface area contributed by atoms with Crippen LogP contribution in [0.5, 0.6) is 0 Å². The van der Waals surface area contributed by atoms with Crippen molar-refractivity contribution in [2.45, 2.75) is 6.18 Å². The van der Waals surface area contributed by atoms with Gasteiger partial charge < -0.3 is 10.1 Å². The molecular weight excluding hydrogens is 237 g/mol. The summed E-state index contributed by atoms with van der Waals surface area (Å²) < 4.78 is 39.5. The summed E-state index contributed by atoms with van der Waals surface area (Å²) in [6.45, 7) is -1.31. The minimum Gasteiger partial charge on any atom is -0.370 e. The molecular formula is C9H9F3N4O. The first-order valence-corrected chi connectivity index (χ1v) is 4.63. The Morgan fingerprint density at radius 3 is 2.88 bits per heavy atom. The fraction of sp³-hybridized carbons (Fsp3) is 0.444. The molecule has 0 fully saturated rings. The zero-order valence-corrected chi connectivity index (χ0v) is 8.66. The molecule has 1 aromatic heterocycles. The maximum absolute atomic E-state index is 11.7. The van der Waals surface area contributed by atoms with E-state index in [0.717, 1.165) is 0 Å². The smallest absolute Gasteiger partial charge is 0.370 e. The summed E-state index contributed by atoms with van der Waals surface area (Å²) in [5.74, 6) is 0.227. The standard InChI is InChI=1S/C9H9F3N4O/c10-9(11,12)6-17-4-3-14-8-7(5-13)1-2-15-16-8/h1-2H,3-4,6H2,(H,14,16). The molecule has 5 nitrogen and oxygen atoms in total. The van der Waals surface area contributed by atoms with Gasteiger partial charge in [-0.25, -0.2) is 0 Å². The minimum absolute atomic E-state index is 0.115. The summed E-state index contributed by atoms with van der Waals surface area (Å²) in [5.41, 5.74) is 0.274. The lowest BCUT2D eigenvalue weighted by Gasteiger charge is -2.08. The van der Waals surface area contributed by atoms with E-state index in [-0.39, 0.29) is 24.5 Å². The van der Waals surface area contributed by atoms with Crippen LogP contribution in [0, 0.1) is 11.3 Å². The monoisotopic (exact) mass is 246 g/mol. The van der Waals surface area contributed by atoms with Gasteiger partial charge in [-0.3, -0.25) is 0 Å². The summed E-state index contributed by atoms with van der Waals surface area (Å²) in [4.78, 5) is 0. The lowest BCUT2D eigenvalue weighted by Crippen LogP contribution is -2.20. The molecule has 0 spiro atoms. The van der Waals surface area contributed by atoms with E-state index in [1.54, 1.807) is 0 Å².